The van der Waals surface area contributed by atoms with E-state index in [0.717, 1.165) is 4.31 Å². The number of hydrogen-bond acceptors (Lipinski definition) is 4. The molecule has 208 valence electrons. The van der Waals surface area contributed by atoms with Gasteiger partial charge in [-0.1, -0.05) is 79.0 Å². The highest BCUT2D eigenvalue weighted by Gasteiger charge is 2.32. The molecule has 0 bridgehead atoms. The predicted octanol–water partition coefficient (Wildman–Crippen LogP) is 6.03. The van der Waals surface area contributed by atoms with E-state index in [9.17, 15) is 18.0 Å². The summed E-state index contributed by atoms with van der Waals surface area (Å²) < 4.78 is 28.5. The van der Waals surface area contributed by atoms with Crippen molar-refractivity contribution in [3.63, 3.8) is 0 Å². The summed E-state index contributed by atoms with van der Waals surface area (Å²) >= 11 is 18.4. The summed E-state index contributed by atoms with van der Waals surface area (Å²) in [5.74, 6) is -0.738. The van der Waals surface area contributed by atoms with E-state index in [1.807, 2.05) is 13.8 Å². The molecule has 0 fully saturated rings. The molecule has 1 N–H and O–H groups in total. The van der Waals surface area contributed by atoms with Crippen molar-refractivity contribution in [2.24, 2.45) is 5.92 Å². The Morgan fingerprint density at radius 1 is 0.872 bits per heavy atom. The molecule has 3 aromatic carbocycles. The average Bonchev–Trinajstić information content (AvgIpc) is 2.90. The monoisotopic (exact) mass is 609 g/mol. The Kier molecular flexibility index (Phi) is 10.7. The molecular weight excluding hydrogens is 581 g/mol. The minimum Gasteiger partial charge on any atom is -0.354 e. The number of benzene rings is 3. The second kappa shape index (κ2) is 13.5. The number of rotatable bonds is 11. The first kappa shape index (κ1) is 30.8. The Morgan fingerprint density at radius 2 is 1.56 bits per heavy atom. The number of amides is 2. The molecule has 0 spiro atoms. The van der Waals surface area contributed by atoms with Crippen molar-refractivity contribution in [2.75, 3.05) is 17.4 Å². The topological polar surface area (TPSA) is 86.8 Å². The summed E-state index contributed by atoms with van der Waals surface area (Å²) in [6, 6.07) is 18.1. The molecule has 0 aliphatic rings. The van der Waals surface area contributed by atoms with Gasteiger partial charge in [0.15, 0.2) is 0 Å². The highest BCUT2D eigenvalue weighted by molar-refractivity contribution is 7.92. The Labute approximate surface area is 244 Å². The van der Waals surface area contributed by atoms with E-state index in [0.29, 0.717) is 17.1 Å². The first-order chi connectivity index (χ1) is 18.4. The lowest BCUT2D eigenvalue weighted by Crippen LogP contribution is -2.51. The van der Waals surface area contributed by atoms with Crippen molar-refractivity contribution < 1.29 is 18.0 Å². The van der Waals surface area contributed by atoms with Crippen molar-refractivity contribution >= 4 is 62.3 Å². The summed E-state index contributed by atoms with van der Waals surface area (Å²) in [5, 5.41) is 3.69. The lowest BCUT2D eigenvalue weighted by atomic mass is 10.1. The number of anilines is 1. The molecule has 39 heavy (non-hydrogen) atoms. The lowest BCUT2D eigenvalue weighted by Gasteiger charge is -2.32. The van der Waals surface area contributed by atoms with Crippen molar-refractivity contribution in [1.82, 2.24) is 10.2 Å². The van der Waals surface area contributed by atoms with Crippen LogP contribution in [0.2, 0.25) is 15.1 Å². The number of nitrogens with one attached hydrogen (secondary N) is 1. The van der Waals surface area contributed by atoms with E-state index in [-0.39, 0.29) is 39.0 Å². The van der Waals surface area contributed by atoms with Gasteiger partial charge in [0.1, 0.15) is 12.6 Å². The van der Waals surface area contributed by atoms with Crippen molar-refractivity contribution in [3.05, 3.63) is 93.4 Å². The third-order valence-corrected chi connectivity index (χ3v) is 8.66. The minimum atomic E-state index is -4.20. The lowest BCUT2D eigenvalue weighted by molar-refractivity contribution is -0.139. The number of hydrogen-bond donors (Lipinski definition) is 1. The van der Waals surface area contributed by atoms with Crippen LogP contribution < -0.4 is 9.62 Å². The fourth-order valence-electron chi connectivity index (χ4n) is 3.76. The fraction of sp³-hybridized carbons (Fsp3) is 0.286. The van der Waals surface area contributed by atoms with Gasteiger partial charge in [-0.3, -0.25) is 13.9 Å². The van der Waals surface area contributed by atoms with E-state index in [1.165, 1.54) is 35.2 Å². The molecule has 0 saturated carbocycles. The number of carbonyl (C=O) groups excluding carboxylic acids is 2. The van der Waals surface area contributed by atoms with Gasteiger partial charge in [-0.25, -0.2) is 8.42 Å². The Morgan fingerprint density at radius 3 is 2.18 bits per heavy atom. The normalized spacial score (nSPS) is 12.2. The largest absolute Gasteiger partial charge is 0.354 e. The van der Waals surface area contributed by atoms with Gasteiger partial charge in [0.05, 0.1) is 20.6 Å². The van der Waals surface area contributed by atoms with Crippen LogP contribution in [0.5, 0.6) is 0 Å². The molecule has 3 aromatic rings. The highest BCUT2D eigenvalue weighted by Crippen LogP contribution is 2.31. The highest BCUT2D eigenvalue weighted by atomic mass is 35.5. The zero-order valence-corrected chi connectivity index (χ0v) is 24.9. The van der Waals surface area contributed by atoms with Crippen LogP contribution in [0.25, 0.3) is 0 Å². The van der Waals surface area contributed by atoms with Crippen molar-refractivity contribution in [1.29, 1.82) is 0 Å². The van der Waals surface area contributed by atoms with Crippen LogP contribution in [0.4, 0.5) is 5.69 Å². The van der Waals surface area contributed by atoms with Crippen LogP contribution in [0.15, 0.2) is 77.7 Å². The van der Waals surface area contributed by atoms with Gasteiger partial charge in [-0.2, -0.15) is 0 Å². The number of sulfonamides is 1. The molecule has 2 amide bonds. The summed E-state index contributed by atoms with van der Waals surface area (Å²) in [4.78, 5) is 28.2. The first-order valence-corrected chi connectivity index (χ1v) is 14.8. The summed E-state index contributed by atoms with van der Waals surface area (Å²) in [7, 11) is -4.20. The number of carbonyl (C=O) groups is 2. The fourth-order valence-corrected chi connectivity index (χ4v) is 5.69. The van der Waals surface area contributed by atoms with E-state index in [4.69, 9.17) is 34.8 Å². The maximum absolute atomic E-state index is 13.9. The van der Waals surface area contributed by atoms with Crippen molar-refractivity contribution in [3.8, 4) is 0 Å². The SMILES string of the molecule is CC(C)CNC(=O)[C@@H](C)N(Cc1cccc(Cl)c1)C(=O)CN(c1ccc(Cl)c(Cl)c1)S(=O)(=O)c1ccccc1. The van der Waals surface area contributed by atoms with Crippen molar-refractivity contribution in [2.45, 2.75) is 38.3 Å². The third-order valence-electron chi connectivity index (χ3n) is 5.90. The Bertz CT molecular complexity index is 1420. The van der Waals surface area contributed by atoms with Crippen LogP contribution in [-0.2, 0) is 26.2 Å². The molecule has 7 nitrogen and oxygen atoms in total. The first-order valence-electron chi connectivity index (χ1n) is 12.2. The number of nitrogens with zero attached hydrogens (tertiary/aromatic N) is 2. The van der Waals surface area contributed by atoms with Gasteiger partial charge >= 0.3 is 0 Å². The molecule has 0 aromatic heterocycles. The minimum absolute atomic E-state index is 0.00649. The van der Waals surface area contributed by atoms with Gasteiger partial charge in [-0.05, 0) is 60.9 Å². The van der Waals surface area contributed by atoms with Gasteiger partial charge in [0, 0.05) is 18.1 Å². The maximum Gasteiger partial charge on any atom is 0.264 e. The molecule has 0 saturated heterocycles. The van der Waals surface area contributed by atoms with Crippen LogP contribution in [0, 0.1) is 5.92 Å². The predicted molar refractivity (Wildman–Crippen MR) is 157 cm³/mol. The van der Waals surface area contributed by atoms with Gasteiger partial charge in [0.2, 0.25) is 11.8 Å². The van der Waals surface area contributed by atoms with Crippen LogP contribution in [0.1, 0.15) is 26.3 Å². The molecule has 0 radical (unpaired) electrons. The van der Waals surface area contributed by atoms with Crippen LogP contribution in [0.3, 0.4) is 0 Å². The zero-order valence-electron chi connectivity index (χ0n) is 21.8. The smallest absolute Gasteiger partial charge is 0.264 e. The van der Waals surface area contributed by atoms with E-state index in [1.54, 1.807) is 49.4 Å². The quantitative estimate of drug-likeness (QED) is 0.287. The van der Waals surface area contributed by atoms with Gasteiger partial charge in [-0.15, -0.1) is 0 Å². The standard InChI is InChI=1S/C28H30Cl3N3O4S/c1-19(2)16-32-28(36)20(3)33(17-21-8-7-9-22(29)14-21)27(35)18-34(23-12-13-25(30)26(31)15-23)39(37,38)24-10-5-4-6-11-24/h4-15,19-20H,16-18H2,1-3H3,(H,32,36)/t20-/m1/s1. The van der Waals surface area contributed by atoms with E-state index < -0.39 is 28.5 Å². The molecule has 0 aliphatic carbocycles. The summed E-state index contributed by atoms with van der Waals surface area (Å²) in [6.45, 7) is 5.41. The van der Waals surface area contributed by atoms with Crippen LogP contribution >= 0.6 is 34.8 Å². The Balaban J connectivity index is 2.03. The summed E-state index contributed by atoms with van der Waals surface area (Å²) in [6.07, 6.45) is 0. The molecule has 0 unspecified atom stereocenters. The molecule has 3 rings (SSSR count). The second-order valence-electron chi connectivity index (χ2n) is 9.39. The number of halogens is 3. The summed E-state index contributed by atoms with van der Waals surface area (Å²) in [5.41, 5.74) is 0.840. The zero-order chi connectivity index (χ0) is 28.7. The van der Waals surface area contributed by atoms with E-state index >= 15 is 0 Å². The molecule has 1 atom stereocenters. The Hall–Kier alpha value is -2.78. The molecule has 11 heteroatoms. The van der Waals surface area contributed by atoms with Crippen LogP contribution in [-0.4, -0.2) is 44.3 Å². The van der Waals surface area contributed by atoms with E-state index in [2.05, 4.69) is 5.32 Å². The maximum atomic E-state index is 13.9. The van der Waals surface area contributed by atoms with Gasteiger partial charge < -0.3 is 10.2 Å². The molecule has 0 heterocycles. The molecule has 0 aliphatic heterocycles. The average molecular weight is 611 g/mol. The second-order valence-corrected chi connectivity index (χ2v) is 12.5. The molecular formula is C28H30Cl3N3O4S. The van der Waals surface area contributed by atoms with Gasteiger partial charge in [0.25, 0.3) is 10.0 Å². The third kappa shape index (κ3) is 8.11.